The van der Waals surface area contributed by atoms with Gasteiger partial charge in [0, 0.05) is 0 Å². The van der Waals surface area contributed by atoms with Crippen molar-refractivity contribution in [1.82, 2.24) is 0 Å². The van der Waals surface area contributed by atoms with Crippen LogP contribution < -0.4 is 5.73 Å². The van der Waals surface area contributed by atoms with Crippen molar-refractivity contribution in [2.75, 3.05) is 0 Å². The summed E-state index contributed by atoms with van der Waals surface area (Å²) >= 11 is 0. The zero-order valence-electron chi connectivity index (χ0n) is 5.04. The molecule has 1 aliphatic rings. The lowest BCUT2D eigenvalue weighted by Crippen LogP contribution is -2.48. The largest absolute Gasteiger partial charge is 0.382 e. The van der Waals surface area contributed by atoms with E-state index in [1.54, 1.807) is 0 Å². The predicted molar refractivity (Wildman–Crippen MR) is 29.2 cm³/mol. The van der Waals surface area contributed by atoms with Gasteiger partial charge in [-0.25, -0.2) is 4.99 Å². The second-order valence-corrected chi connectivity index (χ2v) is 1.99. The molecule has 1 rings (SSSR count). The van der Waals surface area contributed by atoms with Gasteiger partial charge in [0.05, 0.1) is 0 Å². The summed E-state index contributed by atoms with van der Waals surface area (Å²) in [6.07, 6.45) is 0. The molecule has 0 radical (unpaired) electrons. The lowest BCUT2D eigenvalue weighted by Gasteiger charge is -2.16. The second-order valence-electron chi connectivity index (χ2n) is 1.99. The van der Waals surface area contributed by atoms with Crippen LogP contribution in [0.1, 0.15) is 0 Å². The number of halogens is 4. The van der Waals surface area contributed by atoms with Gasteiger partial charge >= 0.3 is 11.8 Å². The number of aliphatic imine (C=N–C) groups is 1. The molecule has 1 heterocycles. The molecule has 0 aromatic rings. The first-order chi connectivity index (χ1) is 4.80. The fourth-order valence-electron chi connectivity index (χ4n) is 0.570. The first-order valence-electron chi connectivity index (χ1n) is 2.49. The Morgan fingerprint density at radius 3 is 1.73 bits per heavy atom. The van der Waals surface area contributed by atoms with Crippen molar-refractivity contribution in [2.45, 2.75) is 11.8 Å². The third-order valence-corrected chi connectivity index (χ3v) is 1.25. The number of nitrogens with zero attached hydrogens (tertiary/aromatic N) is 1. The highest BCUT2D eigenvalue weighted by Crippen LogP contribution is 2.39. The van der Waals surface area contributed by atoms with Crippen molar-refractivity contribution in [3.05, 3.63) is 0 Å². The molecule has 11 heavy (non-hydrogen) atoms. The van der Waals surface area contributed by atoms with Crippen LogP contribution in [0.5, 0.6) is 0 Å². The van der Waals surface area contributed by atoms with Gasteiger partial charge < -0.3 is 5.73 Å². The van der Waals surface area contributed by atoms with Crippen LogP contribution in [0.3, 0.4) is 0 Å². The Bertz CT molecular complexity index is 244. The molecule has 0 aliphatic carbocycles. The third kappa shape index (κ3) is 0.732. The van der Waals surface area contributed by atoms with Gasteiger partial charge in [-0.1, -0.05) is 0 Å². The molecule has 0 fully saturated rings. The van der Waals surface area contributed by atoms with E-state index >= 15 is 0 Å². The van der Waals surface area contributed by atoms with Crippen LogP contribution in [0.2, 0.25) is 0 Å². The first-order valence-corrected chi connectivity index (χ1v) is 2.49. The summed E-state index contributed by atoms with van der Waals surface area (Å²) in [5.74, 6) is -12.3. The molecule has 0 bridgehead atoms. The molecular weight excluding hydrogens is 166 g/mol. The van der Waals surface area contributed by atoms with E-state index in [4.69, 9.17) is 5.41 Å². The Hall–Kier alpha value is -1.14. The van der Waals surface area contributed by atoms with E-state index < -0.39 is 23.5 Å². The summed E-state index contributed by atoms with van der Waals surface area (Å²) in [6.45, 7) is 0. The fourth-order valence-corrected chi connectivity index (χ4v) is 0.570. The third-order valence-electron chi connectivity index (χ3n) is 1.25. The highest BCUT2D eigenvalue weighted by molar-refractivity contribution is 6.10. The van der Waals surface area contributed by atoms with Crippen LogP contribution in [0, 0.1) is 5.41 Å². The maximum absolute atomic E-state index is 12.2. The minimum atomic E-state index is -4.56. The summed E-state index contributed by atoms with van der Waals surface area (Å²) < 4.78 is 48.8. The van der Waals surface area contributed by atoms with Gasteiger partial charge in [-0.15, -0.1) is 0 Å². The minimum absolute atomic E-state index is 1.51. The average molecular weight is 169 g/mol. The van der Waals surface area contributed by atoms with Crippen molar-refractivity contribution < 1.29 is 17.6 Å². The SMILES string of the molecule is N=C1N=C(N)C(F)(F)C1(F)F. The van der Waals surface area contributed by atoms with Gasteiger partial charge in [0.1, 0.15) is 0 Å². The molecule has 3 N–H and O–H groups in total. The molecule has 0 atom stereocenters. The molecule has 1 aliphatic heterocycles. The molecule has 0 unspecified atom stereocenters. The first kappa shape index (κ1) is 7.96. The van der Waals surface area contributed by atoms with Gasteiger partial charge in [0.2, 0.25) is 0 Å². The van der Waals surface area contributed by atoms with E-state index in [9.17, 15) is 17.6 Å². The van der Waals surface area contributed by atoms with Crippen molar-refractivity contribution in [3.8, 4) is 0 Å². The summed E-state index contributed by atoms with van der Waals surface area (Å²) in [6, 6.07) is 0. The number of nitrogens with one attached hydrogen (secondary N) is 1. The molecule has 7 heteroatoms. The van der Waals surface area contributed by atoms with Gasteiger partial charge in [0.15, 0.2) is 11.7 Å². The van der Waals surface area contributed by atoms with E-state index in [-0.39, 0.29) is 0 Å². The molecule has 0 aromatic heterocycles. The minimum Gasteiger partial charge on any atom is -0.382 e. The number of alkyl halides is 4. The maximum atomic E-state index is 12.2. The van der Waals surface area contributed by atoms with Gasteiger partial charge in [-0.3, -0.25) is 5.41 Å². The fraction of sp³-hybridized carbons (Fsp3) is 0.500. The lowest BCUT2D eigenvalue weighted by atomic mass is 10.2. The van der Waals surface area contributed by atoms with Crippen LogP contribution in [0.25, 0.3) is 0 Å². The Morgan fingerprint density at radius 1 is 1.18 bits per heavy atom. The van der Waals surface area contributed by atoms with Crippen molar-refractivity contribution in [1.29, 1.82) is 5.41 Å². The summed E-state index contributed by atoms with van der Waals surface area (Å²) in [7, 11) is 0. The van der Waals surface area contributed by atoms with Crippen LogP contribution in [0.15, 0.2) is 4.99 Å². The Morgan fingerprint density at radius 2 is 1.64 bits per heavy atom. The van der Waals surface area contributed by atoms with E-state index in [1.165, 1.54) is 0 Å². The second kappa shape index (κ2) is 1.72. The standard InChI is InChI=1S/C4H3F4N3/c5-3(6)1(9)11-2(10)4(3,7)8/h(H3,9,10,11). The molecular formula is C4H3F4N3. The Balaban J connectivity index is 3.17. The highest BCUT2D eigenvalue weighted by Gasteiger charge is 2.66. The van der Waals surface area contributed by atoms with Crippen LogP contribution in [-0.4, -0.2) is 23.5 Å². The Labute approximate surface area is 58.4 Å². The van der Waals surface area contributed by atoms with Crippen molar-refractivity contribution in [3.63, 3.8) is 0 Å². The summed E-state index contributed by atoms with van der Waals surface area (Å²) in [4.78, 5) is 2.47. The maximum Gasteiger partial charge on any atom is 0.375 e. The smallest absolute Gasteiger partial charge is 0.375 e. The van der Waals surface area contributed by atoms with Gasteiger partial charge in [0.25, 0.3) is 0 Å². The quantitative estimate of drug-likeness (QED) is 0.512. The topological polar surface area (TPSA) is 62.2 Å². The zero-order valence-corrected chi connectivity index (χ0v) is 5.04. The monoisotopic (exact) mass is 169 g/mol. The van der Waals surface area contributed by atoms with Crippen LogP contribution in [-0.2, 0) is 0 Å². The molecule has 0 spiro atoms. The van der Waals surface area contributed by atoms with E-state index in [1.807, 2.05) is 0 Å². The van der Waals surface area contributed by atoms with E-state index in [2.05, 4.69) is 10.7 Å². The summed E-state index contributed by atoms with van der Waals surface area (Å²) in [5, 5.41) is 6.34. The number of nitrogens with two attached hydrogens (primary N) is 1. The molecule has 62 valence electrons. The molecule has 0 saturated heterocycles. The number of hydrogen-bond donors (Lipinski definition) is 2. The summed E-state index contributed by atoms with van der Waals surface area (Å²) in [5.41, 5.74) is 4.46. The number of amidine groups is 2. The number of hydrogen-bond acceptors (Lipinski definition) is 2. The average Bonchev–Trinajstić information content (AvgIpc) is 1.95. The van der Waals surface area contributed by atoms with Crippen LogP contribution in [0.4, 0.5) is 17.6 Å². The van der Waals surface area contributed by atoms with E-state index in [0.29, 0.717) is 0 Å². The van der Waals surface area contributed by atoms with Crippen LogP contribution >= 0.6 is 0 Å². The molecule has 3 nitrogen and oxygen atoms in total. The molecule has 0 saturated carbocycles. The van der Waals surface area contributed by atoms with Gasteiger partial charge in [-0.05, 0) is 0 Å². The number of rotatable bonds is 0. The predicted octanol–water partition coefficient (Wildman–Crippen LogP) is 0.605. The molecule has 0 amide bonds. The molecule has 0 aromatic carbocycles. The van der Waals surface area contributed by atoms with E-state index in [0.717, 1.165) is 0 Å². The van der Waals surface area contributed by atoms with Crippen molar-refractivity contribution >= 4 is 11.7 Å². The van der Waals surface area contributed by atoms with Crippen molar-refractivity contribution in [2.24, 2.45) is 10.7 Å². The normalized spacial score (nSPS) is 26.9. The zero-order chi connectivity index (χ0) is 8.86. The highest BCUT2D eigenvalue weighted by atomic mass is 19.3. The lowest BCUT2D eigenvalue weighted by molar-refractivity contribution is -0.114. The Kier molecular flexibility index (Phi) is 1.24. The van der Waals surface area contributed by atoms with Gasteiger partial charge in [-0.2, -0.15) is 17.6 Å².